The Balaban J connectivity index is 2.11. The van der Waals surface area contributed by atoms with Gasteiger partial charge in [0.1, 0.15) is 11.8 Å². The second kappa shape index (κ2) is 6.85. The minimum absolute atomic E-state index is 0.120. The number of Topliss-reactive ketones (excluding diaryl/α,β-unsaturated/α-hetero) is 1. The number of halogens is 1. The number of hydrogen-bond acceptors (Lipinski definition) is 3. The van der Waals surface area contributed by atoms with Crippen molar-refractivity contribution < 1.29 is 14.4 Å². The van der Waals surface area contributed by atoms with Crippen LogP contribution in [0.4, 0.5) is 0 Å². The van der Waals surface area contributed by atoms with Gasteiger partial charge in [0, 0.05) is 22.9 Å². The van der Waals surface area contributed by atoms with Gasteiger partial charge in [0.2, 0.25) is 5.91 Å². The Morgan fingerprint density at radius 3 is 2.76 bits per heavy atom. The van der Waals surface area contributed by atoms with Gasteiger partial charge in [-0.25, -0.2) is 0 Å². The zero-order valence-electron chi connectivity index (χ0n) is 11.5. The van der Waals surface area contributed by atoms with Crippen LogP contribution in [0.1, 0.15) is 36.0 Å². The summed E-state index contributed by atoms with van der Waals surface area (Å²) in [5, 5.41) is 2.66. The van der Waals surface area contributed by atoms with Crippen LogP contribution < -0.4 is 11.1 Å². The topological polar surface area (TPSA) is 89.3 Å². The number of nitrogens with two attached hydrogens (primary N) is 1. The standard InChI is InChI=1S/C15H17BrN2O3/c16-11-5-1-4-10(7-11)15(21)18-13(14(17)20)9-3-2-6-12(19)8-9/h1,4-5,7,9,13H,2-3,6,8H2,(H2,17,20)(H,18,21)/t9-,13+/m1/s1. The molecule has 1 saturated carbocycles. The number of nitrogens with one attached hydrogen (secondary N) is 1. The van der Waals surface area contributed by atoms with Gasteiger partial charge in [-0.1, -0.05) is 22.0 Å². The van der Waals surface area contributed by atoms with Crippen LogP contribution in [0.2, 0.25) is 0 Å². The zero-order chi connectivity index (χ0) is 15.4. The molecule has 1 aromatic carbocycles. The van der Waals surface area contributed by atoms with Crippen LogP contribution in [0, 0.1) is 5.92 Å². The maximum atomic E-state index is 12.2. The third-order valence-corrected chi connectivity index (χ3v) is 4.16. The molecule has 1 aliphatic carbocycles. The maximum absolute atomic E-state index is 12.2. The summed E-state index contributed by atoms with van der Waals surface area (Å²) in [5.41, 5.74) is 5.84. The van der Waals surface area contributed by atoms with Gasteiger partial charge < -0.3 is 11.1 Å². The summed E-state index contributed by atoms with van der Waals surface area (Å²) in [4.78, 5) is 35.4. The molecule has 6 heteroatoms. The molecule has 3 N–H and O–H groups in total. The van der Waals surface area contributed by atoms with Crippen LogP contribution in [0.5, 0.6) is 0 Å². The summed E-state index contributed by atoms with van der Waals surface area (Å²) >= 11 is 3.29. The molecule has 1 aromatic rings. The first-order valence-electron chi connectivity index (χ1n) is 6.85. The second-order valence-corrected chi connectivity index (χ2v) is 6.17. The Hall–Kier alpha value is -1.69. The van der Waals surface area contributed by atoms with Crippen molar-refractivity contribution in [2.45, 2.75) is 31.7 Å². The summed E-state index contributed by atoms with van der Waals surface area (Å²) < 4.78 is 0.776. The van der Waals surface area contributed by atoms with Gasteiger partial charge in [-0.15, -0.1) is 0 Å². The van der Waals surface area contributed by atoms with Crippen LogP contribution in [0.25, 0.3) is 0 Å². The molecule has 1 aliphatic rings. The highest BCUT2D eigenvalue weighted by molar-refractivity contribution is 9.10. The molecule has 2 amide bonds. The fourth-order valence-corrected chi connectivity index (χ4v) is 3.02. The minimum atomic E-state index is -0.805. The van der Waals surface area contributed by atoms with Gasteiger partial charge in [-0.2, -0.15) is 0 Å². The van der Waals surface area contributed by atoms with Gasteiger partial charge >= 0.3 is 0 Å². The van der Waals surface area contributed by atoms with Gasteiger partial charge in [-0.05, 0) is 37.0 Å². The summed E-state index contributed by atoms with van der Waals surface area (Å²) in [7, 11) is 0. The fourth-order valence-electron chi connectivity index (χ4n) is 2.62. The summed E-state index contributed by atoms with van der Waals surface area (Å²) in [6.07, 6.45) is 2.30. The van der Waals surface area contributed by atoms with Crippen molar-refractivity contribution in [1.29, 1.82) is 0 Å². The first kappa shape index (κ1) is 15.7. The van der Waals surface area contributed by atoms with E-state index in [2.05, 4.69) is 21.2 Å². The molecule has 1 fully saturated rings. The number of rotatable bonds is 4. The monoisotopic (exact) mass is 352 g/mol. The number of carbonyl (C=O) groups excluding carboxylic acids is 3. The van der Waals surface area contributed by atoms with E-state index in [1.54, 1.807) is 18.2 Å². The molecule has 112 valence electrons. The average molecular weight is 353 g/mol. The average Bonchev–Trinajstić information content (AvgIpc) is 2.44. The van der Waals surface area contributed by atoms with Crippen LogP contribution in [-0.4, -0.2) is 23.6 Å². The smallest absolute Gasteiger partial charge is 0.251 e. The van der Waals surface area contributed by atoms with Crippen LogP contribution >= 0.6 is 15.9 Å². The van der Waals surface area contributed by atoms with E-state index < -0.39 is 11.9 Å². The first-order chi connectivity index (χ1) is 9.97. The van der Waals surface area contributed by atoms with E-state index in [0.29, 0.717) is 18.4 Å². The van der Waals surface area contributed by atoms with Gasteiger partial charge in [0.05, 0.1) is 0 Å². The van der Waals surface area contributed by atoms with E-state index in [-0.39, 0.29) is 17.6 Å². The molecular weight excluding hydrogens is 336 g/mol. The number of ketones is 1. The van der Waals surface area contributed by atoms with E-state index in [1.165, 1.54) is 0 Å². The Morgan fingerprint density at radius 2 is 2.14 bits per heavy atom. The predicted molar refractivity (Wildman–Crippen MR) is 81.6 cm³/mol. The highest BCUT2D eigenvalue weighted by Crippen LogP contribution is 2.24. The normalized spacial score (nSPS) is 19.9. The van der Waals surface area contributed by atoms with Crippen LogP contribution in [0.15, 0.2) is 28.7 Å². The van der Waals surface area contributed by atoms with E-state index >= 15 is 0 Å². The Bertz CT molecular complexity index is 574. The van der Waals surface area contributed by atoms with Crippen LogP contribution in [0.3, 0.4) is 0 Å². The minimum Gasteiger partial charge on any atom is -0.368 e. The molecular formula is C15H17BrN2O3. The summed E-state index contributed by atoms with van der Waals surface area (Å²) in [5.74, 6) is -1.05. The predicted octanol–water partition coefficient (Wildman–Crippen LogP) is 1.79. The third-order valence-electron chi connectivity index (χ3n) is 3.67. The quantitative estimate of drug-likeness (QED) is 0.865. The van der Waals surface area contributed by atoms with Gasteiger partial charge in [0.25, 0.3) is 5.91 Å². The molecule has 0 unspecified atom stereocenters. The molecule has 0 aromatic heterocycles. The lowest BCUT2D eigenvalue weighted by Crippen LogP contribution is -2.50. The summed E-state index contributed by atoms with van der Waals surface area (Å²) in [6.45, 7) is 0. The summed E-state index contributed by atoms with van der Waals surface area (Å²) in [6, 6.07) is 6.06. The second-order valence-electron chi connectivity index (χ2n) is 5.26. The highest BCUT2D eigenvalue weighted by Gasteiger charge is 2.32. The SMILES string of the molecule is NC(=O)[C@@H](NC(=O)c1cccc(Br)c1)[C@@H]1CCCC(=O)C1. The fraction of sp³-hybridized carbons (Fsp3) is 0.400. The zero-order valence-corrected chi connectivity index (χ0v) is 13.1. The number of carbonyl (C=O) groups is 3. The van der Waals surface area contributed by atoms with Gasteiger partial charge in [-0.3, -0.25) is 14.4 Å². The lowest BCUT2D eigenvalue weighted by Gasteiger charge is -2.28. The van der Waals surface area contributed by atoms with Crippen molar-refractivity contribution in [3.63, 3.8) is 0 Å². The Labute approximate surface area is 131 Å². The molecule has 2 rings (SSSR count). The molecule has 0 bridgehead atoms. The largest absolute Gasteiger partial charge is 0.368 e. The lowest BCUT2D eigenvalue weighted by molar-refractivity contribution is -0.124. The molecule has 2 atom stereocenters. The van der Waals surface area contributed by atoms with E-state index in [0.717, 1.165) is 17.3 Å². The van der Waals surface area contributed by atoms with Crippen molar-refractivity contribution in [3.8, 4) is 0 Å². The van der Waals surface area contributed by atoms with E-state index in [9.17, 15) is 14.4 Å². The molecule has 0 heterocycles. The molecule has 0 radical (unpaired) electrons. The Kier molecular flexibility index (Phi) is 5.12. The van der Waals surface area contributed by atoms with Crippen molar-refractivity contribution in [2.75, 3.05) is 0 Å². The highest BCUT2D eigenvalue weighted by atomic mass is 79.9. The number of primary amides is 1. The van der Waals surface area contributed by atoms with Crippen molar-refractivity contribution in [1.82, 2.24) is 5.32 Å². The van der Waals surface area contributed by atoms with Crippen LogP contribution in [-0.2, 0) is 9.59 Å². The Morgan fingerprint density at radius 1 is 1.38 bits per heavy atom. The molecule has 0 aliphatic heterocycles. The number of amides is 2. The van der Waals surface area contributed by atoms with Gasteiger partial charge in [0.15, 0.2) is 0 Å². The maximum Gasteiger partial charge on any atom is 0.251 e. The van der Waals surface area contributed by atoms with E-state index in [1.807, 2.05) is 6.07 Å². The van der Waals surface area contributed by atoms with Crippen molar-refractivity contribution in [3.05, 3.63) is 34.3 Å². The lowest BCUT2D eigenvalue weighted by atomic mass is 9.82. The third kappa shape index (κ3) is 4.14. The first-order valence-corrected chi connectivity index (χ1v) is 7.64. The molecule has 0 spiro atoms. The van der Waals surface area contributed by atoms with Crippen molar-refractivity contribution >= 4 is 33.5 Å². The molecule has 21 heavy (non-hydrogen) atoms. The molecule has 5 nitrogen and oxygen atoms in total. The van der Waals surface area contributed by atoms with Crippen molar-refractivity contribution in [2.24, 2.45) is 11.7 Å². The number of hydrogen-bond donors (Lipinski definition) is 2. The van der Waals surface area contributed by atoms with E-state index in [4.69, 9.17) is 5.73 Å². The molecule has 0 saturated heterocycles. The number of benzene rings is 1.